The molecule has 2 aromatic rings. The van der Waals surface area contributed by atoms with Crippen LogP contribution in [0.1, 0.15) is 22.6 Å². The smallest absolute Gasteiger partial charge is 0.306 e. The van der Waals surface area contributed by atoms with Gasteiger partial charge in [-0.25, -0.2) is 4.98 Å². The Balaban J connectivity index is 2.03. The van der Waals surface area contributed by atoms with E-state index in [4.69, 9.17) is 11.6 Å². The summed E-state index contributed by atoms with van der Waals surface area (Å²) in [6.45, 7) is 1.95. The van der Waals surface area contributed by atoms with Crippen molar-refractivity contribution in [1.29, 1.82) is 0 Å². The fourth-order valence-electron chi connectivity index (χ4n) is 2.11. The van der Waals surface area contributed by atoms with Crippen LogP contribution in [0.4, 0.5) is 0 Å². The number of aryl methyl sites for hydroxylation is 2. The lowest BCUT2D eigenvalue weighted by molar-refractivity contribution is -0.141. The third-order valence-corrected chi connectivity index (χ3v) is 4.70. The molecule has 0 fully saturated rings. The number of carboxylic acids is 1. The van der Waals surface area contributed by atoms with Crippen LogP contribution in [0, 0.1) is 12.8 Å². The standard InChI is InChI=1S/C15H16ClNO2S/c1-10-14(20-9-17-10)7-6-12(15(18)19)8-11-4-2-3-5-13(11)16/h2-5,9,12H,6-8H2,1H3,(H,18,19). The largest absolute Gasteiger partial charge is 0.481 e. The fourth-order valence-corrected chi connectivity index (χ4v) is 3.12. The van der Waals surface area contributed by atoms with Crippen molar-refractivity contribution in [3.63, 3.8) is 0 Å². The Bertz CT molecular complexity index is 597. The number of aromatic nitrogens is 1. The van der Waals surface area contributed by atoms with Crippen molar-refractivity contribution in [3.8, 4) is 0 Å². The number of nitrogens with zero attached hydrogens (tertiary/aromatic N) is 1. The Morgan fingerprint density at radius 1 is 1.45 bits per heavy atom. The molecule has 1 heterocycles. The maximum absolute atomic E-state index is 11.4. The topological polar surface area (TPSA) is 50.2 Å². The Morgan fingerprint density at radius 2 is 2.20 bits per heavy atom. The van der Waals surface area contributed by atoms with Gasteiger partial charge in [-0.2, -0.15) is 0 Å². The molecule has 1 N–H and O–H groups in total. The molecule has 1 aromatic heterocycles. The summed E-state index contributed by atoms with van der Waals surface area (Å²) in [5, 5.41) is 10.0. The maximum Gasteiger partial charge on any atom is 0.306 e. The second-order valence-electron chi connectivity index (χ2n) is 4.73. The van der Waals surface area contributed by atoms with E-state index in [1.165, 1.54) is 0 Å². The van der Waals surface area contributed by atoms with Gasteiger partial charge in [0.15, 0.2) is 0 Å². The Hall–Kier alpha value is -1.39. The van der Waals surface area contributed by atoms with Crippen LogP contribution in [-0.4, -0.2) is 16.1 Å². The fraction of sp³-hybridized carbons (Fsp3) is 0.333. The molecule has 2 rings (SSSR count). The lowest BCUT2D eigenvalue weighted by Crippen LogP contribution is -2.17. The zero-order valence-electron chi connectivity index (χ0n) is 11.2. The Morgan fingerprint density at radius 3 is 2.80 bits per heavy atom. The number of hydrogen-bond acceptors (Lipinski definition) is 3. The van der Waals surface area contributed by atoms with Gasteiger partial charge in [0, 0.05) is 9.90 Å². The number of benzene rings is 1. The number of aliphatic carboxylic acids is 1. The molecule has 1 atom stereocenters. The van der Waals surface area contributed by atoms with Gasteiger partial charge in [-0.3, -0.25) is 4.79 Å². The van der Waals surface area contributed by atoms with E-state index >= 15 is 0 Å². The third kappa shape index (κ3) is 3.81. The normalized spacial score (nSPS) is 12.3. The zero-order valence-corrected chi connectivity index (χ0v) is 12.7. The first-order valence-corrected chi connectivity index (χ1v) is 7.69. The van der Waals surface area contributed by atoms with Gasteiger partial charge >= 0.3 is 5.97 Å². The molecule has 3 nitrogen and oxygen atoms in total. The number of thiazole rings is 1. The van der Waals surface area contributed by atoms with Crippen LogP contribution in [0.15, 0.2) is 29.8 Å². The molecule has 0 spiro atoms. The van der Waals surface area contributed by atoms with Gasteiger partial charge in [-0.1, -0.05) is 29.8 Å². The molecule has 0 aliphatic heterocycles. The van der Waals surface area contributed by atoms with Gasteiger partial charge < -0.3 is 5.11 Å². The predicted octanol–water partition coefficient (Wildman–Crippen LogP) is 3.98. The molecule has 106 valence electrons. The first-order valence-electron chi connectivity index (χ1n) is 6.43. The van der Waals surface area contributed by atoms with Gasteiger partial charge in [-0.05, 0) is 37.8 Å². The van der Waals surface area contributed by atoms with Crippen molar-refractivity contribution in [1.82, 2.24) is 4.98 Å². The van der Waals surface area contributed by atoms with Crippen molar-refractivity contribution in [2.45, 2.75) is 26.2 Å². The molecule has 0 aliphatic rings. The van der Waals surface area contributed by atoms with E-state index in [-0.39, 0.29) is 0 Å². The summed E-state index contributed by atoms with van der Waals surface area (Å²) in [6.07, 6.45) is 1.81. The Kier molecular flexibility index (Phi) is 5.15. The summed E-state index contributed by atoms with van der Waals surface area (Å²) in [6, 6.07) is 7.41. The van der Waals surface area contributed by atoms with Gasteiger partial charge in [-0.15, -0.1) is 11.3 Å². The predicted molar refractivity (Wildman–Crippen MR) is 81.5 cm³/mol. The summed E-state index contributed by atoms with van der Waals surface area (Å²) in [4.78, 5) is 16.8. The van der Waals surface area contributed by atoms with E-state index in [9.17, 15) is 9.90 Å². The SMILES string of the molecule is Cc1ncsc1CCC(Cc1ccccc1Cl)C(=O)O. The summed E-state index contributed by atoms with van der Waals surface area (Å²) >= 11 is 7.68. The lowest BCUT2D eigenvalue weighted by Gasteiger charge is -2.13. The van der Waals surface area contributed by atoms with Crippen LogP contribution in [0.2, 0.25) is 5.02 Å². The van der Waals surface area contributed by atoms with Crippen LogP contribution in [0.5, 0.6) is 0 Å². The quantitative estimate of drug-likeness (QED) is 0.878. The van der Waals surface area contributed by atoms with Gasteiger partial charge in [0.25, 0.3) is 0 Å². The lowest BCUT2D eigenvalue weighted by atomic mass is 9.94. The van der Waals surface area contributed by atoms with Crippen molar-refractivity contribution in [2.75, 3.05) is 0 Å². The first-order chi connectivity index (χ1) is 9.58. The molecule has 0 aliphatic carbocycles. The highest BCUT2D eigenvalue weighted by molar-refractivity contribution is 7.09. The second-order valence-corrected chi connectivity index (χ2v) is 6.08. The molecule has 0 radical (unpaired) electrons. The van der Waals surface area contributed by atoms with Gasteiger partial charge in [0.1, 0.15) is 0 Å². The number of carbonyl (C=O) groups is 1. The molecule has 0 bridgehead atoms. The average Bonchev–Trinajstić information content (AvgIpc) is 2.82. The van der Waals surface area contributed by atoms with Crippen molar-refractivity contribution in [3.05, 3.63) is 50.9 Å². The maximum atomic E-state index is 11.4. The van der Waals surface area contributed by atoms with Crippen LogP contribution >= 0.6 is 22.9 Å². The van der Waals surface area contributed by atoms with Crippen LogP contribution in [0.3, 0.4) is 0 Å². The molecule has 1 unspecified atom stereocenters. The van der Waals surface area contributed by atoms with Crippen molar-refractivity contribution < 1.29 is 9.90 Å². The molecule has 0 saturated carbocycles. The number of hydrogen-bond donors (Lipinski definition) is 1. The van der Waals surface area contributed by atoms with Crippen LogP contribution < -0.4 is 0 Å². The Labute approximate surface area is 127 Å². The summed E-state index contributed by atoms with van der Waals surface area (Å²) in [5.74, 6) is -1.19. The minimum Gasteiger partial charge on any atom is -0.481 e. The van der Waals surface area contributed by atoms with E-state index in [0.29, 0.717) is 17.9 Å². The third-order valence-electron chi connectivity index (χ3n) is 3.34. The highest BCUT2D eigenvalue weighted by atomic mass is 35.5. The zero-order chi connectivity index (χ0) is 14.5. The summed E-state index contributed by atoms with van der Waals surface area (Å²) < 4.78 is 0. The van der Waals surface area contributed by atoms with E-state index in [2.05, 4.69) is 4.98 Å². The highest BCUT2D eigenvalue weighted by Gasteiger charge is 2.19. The monoisotopic (exact) mass is 309 g/mol. The molecule has 0 amide bonds. The number of carboxylic acid groups (broad SMARTS) is 1. The molecule has 20 heavy (non-hydrogen) atoms. The summed E-state index contributed by atoms with van der Waals surface area (Å²) in [7, 11) is 0. The minimum atomic E-state index is -0.771. The van der Waals surface area contributed by atoms with Crippen LogP contribution in [0.25, 0.3) is 0 Å². The second kappa shape index (κ2) is 6.86. The number of halogens is 1. The molecular formula is C15H16ClNO2S. The van der Waals surface area contributed by atoms with E-state index in [1.807, 2.05) is 25.1 Å². The first kappa shape index (κ1) is 15.0. The molecule has 5 heteroatoms. The van der Waals surface area contributed by atoms with Crippen LogP contribution in [-0.2, 0) is 17.6 Å². The summed E-state index contributed by atoms with van der Waals surface area (Å²) in [5.41, 5.74) is 3.69. The van der Waals surface area contributed by atoms with Gasteiger partial charge in [0.05, 0.1) is 17.1 Å². The van der Waals surface area contributed by atoms with Crippen molar-refractivity contribution >= 4 is 28.9 Å². The van der Waals surface area contributed by atoms with Gasteiger partial charge in [0.2, 0.25) is 0 Å². The van der Waals surface area contributed by atoms with Crippen molar-refractivity contribution in [2.24, 2.45) is 5.92 Å². The highest BCUT2D eigenvalue weighted by Crippen LogP contribution is 2.23. The molecule has 1 aromatic carbocycles. The molecule has 0 saturated heterocycles. The minimum absolute atomic E-state index is 0.420. The average molecular weight is 310 g/mol. The van der Waals surface area contributed by atoms with E-state index in [1.54, 1.807) is 22.9 Å². The van der Waals surface area contributed by atoms with E-state index in [0.717, 1.165) is 22.6 Å². The number of rotatable bonds is 6. The van der Waals surface area contributed by atoms with E-state index < -0.39 is 11.9 Å². The molecular weight excluding hydrogens is 294 g/mol.